The number of hydrogen-bond acceptors (Lipinski definition) is 9. The molecule has 8 atom stereocenters. The molecule has 14 heteroatoms. The van der Waals surface area contributed by atoms with Crippen LogP contribution < -0.4 is 5.73 Å². The van der Waals surface area contributed by atoms with Gasteiger partial charge >= 0.3 is 7.15 Å². The summed E-state index contributed by atoms with van der Waals surface area (Å²) < 4.78 is 43.0. The maximum absolute atomic E-state index is 16.3. The number of alkyl halides is 1. The second kappa shape index (κ2) is 11.8. The minimum absolute atomic E-state index is 0.0320. The van der Waals surface area contributed by atoms with E-state index < -0.39 is 40.1 Å². The van der Waals surface area contributed by atoms with Gasteiger partial charge in [0, 0.05) is 10.2 Å². The van der Waals surface area contributed by atoms with Crippen molar-refractivity contribution in [2.45, 2.75) is 108 Å². The lowest BCUT2D eigenvalue weighted by molar-refractivity contribution is -0.0407. The lowest BCUT2D eigenvalue weighted by Gasteiger charge is -2.39. The first-order valence-corrected chi connectivity index (χ1v) is 19.2. The summed E-state index contributed by atoms with van der Waals surface area (Å²) in [5, 5.41) is -0.345. The molecule has 219 valence electrons. The number of fused-ring (bicyclic) bond motifs is 1. The lowest BCUT2D eigenvalue weighted by Crippen LogP contribution is -2.49. The molecule has 3 heterocycles. The summed E-state index contributed by atoms with van der Waals surface area (Å²) in [5.41, 5.74) is 7.89. The third-order valence-electron chi connectivity index (χ3n) is 8.64. The van der Waals surface area contributed by atoms with Crippen LogP contribution in [0.3, 0.4) is 0 Å². The maximum atomic E-state index is 16.3. The van der Waals surface area contributed by atoms with Crippen LogP contribution in [0.15, 0.2) is 24.8 Å². The largest absolute Gasteiger partial charge is 0.522 e. The first-order chi connectivity index (χ1) is 18.5. The van der Waals surface area contributed by atoms with Crippen LogP contribution in [0.4, 0.5) is 10.2 Å². The smallest absolute Gasteiger partial charge is 0.408 e. The van der Waals surface area contributed by atoms with Crippen LogP contribution in [0.1, 0.15) is 60.1 Å². The number of halogens is 1. The van der Waals surface area contributed by atoms with Gasteiger partial charge in [-0.2, -0.15) is 0 Å². The first kappa shape index (κ1) is 31.7. The summed E-state index contributed by atoms with van der Waals surface area (Å²) in [6.07, 6.45) is 1.36. The summed E-state index contributed by atoms with van der Waals surface area (Å²) in [5.74, 6) is 0.597. The fourth-order valence-electron chi connectivity index (χ4n) is 4.91. The van der Waals surface area contributed by atoms with E-state index in [1.165, 1.54) is 12.7 Å². The predicted molar refractivity (Wildman–Crippen MR) is 162 cm³/mol. The second-order valence-corrected chi connectivity index (χ2v) is 20.5. The molecule has 1 aliphatic heterocycles. The minimum atomic E-state index is -2.37. The fourth-order valence-corrected chi connectivity index (χ4v) is 8.00. The molecule has 0 bridgehead atoms. The SMILES string of the molecule is C=C(C)[C@@H]1CC[C@](C)([Si])[C@@H](O[P+](=S)OC[C@H]2O[C@@H](n3cnc4c(N)ncnc43)C(F)C2O[Si](C)(C)C(C)(C)C)C1. The van der Waals surface area contributed by atoms with Crippen molar-refractivity contribution in [1.29, 1.82) is 0 Å². The molecule has 40 heavy (non-hydrogen) atoms. The van der Waals surface area contributed by atoms with Crippen LogP contribution in [0.25, 0.3) is 11.2 Å². The van der Waals surface area contributed by atoms with Crippen LogP contribution in [-0.4, -0.2) is 69.2 Å². The molecule has 1 aliphatic carbocycles. The molecule has 2 aliphatic rings. The summed E-state index contributed by atoms with van der Waals surface area (Å²) in [7, 11) is -0.148. The zero-order chi connectivity index (χ0) is 29.6. The number of ether oxygens (including phenoxy) is 1. The summed E-state index contributed by atoms with van der Waals surface area (Å²) >= 11 is 5.63. The van der Waals surface area contributed by atoms with Crippen LogP contribution >= 0.6 is 7.15 Å². The zero-order valence-corrected chi connectivity index (χ0v) is 28.1. The summed E-state index contributed by atoms with van der Waals surface area (Å²) in [6, 6.07) is 0. The van der Waals surface area contributed by atoms with Crippen molar-refractivity contribution in [2.75, 3.05) is 12.3 Å². The van der Waals surface area contributed by atoms with Gasteiger partial charge in [-0.25, -0.2) is 19.3 Å². The zero-order valence-electron chi connectivity index (χ0n) is 24.4. The first-order valence-electron chi connectivity index (χ1n) is 13.6. The van der Waals surface area contributed by atoms with Gasteiger partial charge in [0.05, 0.1) is 6.33 Å². The van der Waals surface area contributed by atoms with E-state index in [0.29, 0.717) is 17.1 Å². The Morgan fingerprint density at radius 3 is 2.73 bits per heavy atom. The van der Waals surface area contributed by atoms with Gasteiger partial charge in [0.25, 0.3) is 0 Å². The van der Waals surface area contributed by atoms with Crippen molar-refractivity contribution in [3.05, 3.63) is 24.8 Å². The molecule has 3 unspecified atom stereocenters. The Bertz CT molecular complexity index is 1260. The fraction of sp³-hybridized carbons (Fsp3) is 0.731. The molecule has 0 amide bonds. The number of aromatic nitrogens is 4. The van der Waals surface area contributed by atoms with Crippen molar-refractivity contribution in [1.82, 2.24) is 19.5 Å². The molecule has 4 rings (SSSR count). The van der Waals surface area contributed by atoms with E-state index in [1.807, 2.05) is 0 Å². The molecule has 3 radical (unpaired) electrons. The van der Waals surface area contributed by atoms with Crippen LogP contribution in [0, 0.1) is 5.92 Å². The number of nitrogens with two attached hydrogens (primary N) is 1. The summed E-state index contributed by atoms with van der Waals surface area (Å²) in [4.78, 5) is 12.5. The highest BCUT2D eigenvalue weighted by atomic mass is 32.4. The van der Waals surface area contributed by atoms with Gasteiger partial charge in [-0.3, -0.25) is 4.57 Å². The number of allylic oxidation sites excluding steroid dienone is 1. The van der Waals surface area contributed by atoms with Gasteiger partial charge in [0.2, 0.25) is 11.8 Å². The summed E-state index contributed by atoms with van der Waals surface area (Å²) in [6.45, 7) is 18.9. The molecule has 2 aromatic rings. The van der Waals surface area contributed by atoms with Gasteiger partial charge in [-0.15, -0.1) is 9.05 Å². The van der Waals surface area contributed by atoms with Crippen LogP contribution in [0.5, 0.6) is 0 Å². The lowest BCUT2D eigenvalue weighted by atomic mass is 9.77. The van der Waals surface area contributed by atoms with Crippen LogP contribution in [-0.2, 0) is 30.0 Å². The third kappa shape index (κ3) is 6.56. The quantitative estimate of drug-likeness (QED) is 0.206. The molecule has 2 N–H and O–H groups in total. The molecule has 9 nitrogen and oxygen atoms in total. The molecule has 2 fully saturated rings. The molecule has 1 saturated heterocycles. The van der Waals surface area contributed by atoms with Gasteiger partial charge < -0.3 is 14.9 Å². The topological polar surface area (TPSA) is 107 Å². The van der Waals surface area contributed by atoms with E-state index in [4.69, 9.17) is 35.8 Å². The molecule has 0 aromatic carbocycles. The van der Waals surface area contributed by atoms with Crippen molar-refractivity contribution in [3.63, 3.8) is 0 Å². The van der Waals surface area contributed by atoms with Crippen molar-refractivity contribution >= 4 is 54.5 Å². The highest BCUT2D eigenvalue weighted by Gasteiger charge is 2.52. The standard InChI is InChI=1S/C26H41FN5O4PSSi2/c1-15(2)16-9-10-26(6,39)18(11-16)35-37(38)33-12-17-21(36-40(7,8)25(3,4)5)19(27)24(34-17)32-14-31-20-22(28)29-13-30-23(20)32/h13-14,16-19,21,24H,1,9-12H2,2-8H3,(H2,28,29,30)/q+1/t16-,17-,18+,19?,21?,24-,26+/m1/s1. The highest BCUT2D eigenvalue weighted by molar-refractivity contribution is 8.00. The van der Waals surface area contributed by atoms with E-state index in [-0.39, 0.29) is 28.6 Å². The Hall–Kier alpha value is -1.19. The van der Waals surface area contributed by atoms with E-state index >= 15 is 4.39 Å². The normalized spacial score (nSPS) is 32.0. The van der Waals surface area contributed by atoms with Gasteiger partial charge in [0.1, 0.15) is 36.8 Å². The molecule has 1 saturated carbocycles. The average Bonchev–Trinajstić information content (AvgIpc) is 3.40. The molecular formula is C26H41FN5O4PSSi2+. The Morgan fingerprint density at radius 2 is 2.08 bits per heavy atom. The van der Waals surface area contributed by atoms with E-state index in [2.05, 4.69) is 79.5 Å². The van der Waals surface area contributed by atoms with Gasteiger partial charge in [-0.1, -0.05) is 39.8 Å². The number of nitrogens with zero attached hydrogens (tertiary/aromatic N) is 4. The van der Waals surface area contributed by atoms with Crippen molar-refractivity contribution < 1.29 is 22.6 Å². The third-order valence-corrected chi connectivity index (χ3v) is 15.0. The number of imidazole rings is 1. The van der Waals surface area contributed by atoms with Gasteiger partial charge in [0.15, 0.2) is 32.2 Å². The monoisotopic (exact) mass is 625 g/mol. The van der Waals surface area contributed by atoms with E-state index in [0.717, 1.165) is 24.8 Å². The average molecular weight is 626 g/mol. The van der Waals surface area contributed by atoms with Crippen molar-refractivity contribution in [2.24, 2.45) is 5.92 Å². The number of rotatable bonds is 9. The van der Waals surface area contributed by atoms with Gasteiger partial charge in [-0.05, 0) is 55.3 Å². The highest BCUT2D eigenvalue weighted by Crippen LogP contribution is 2.49. The maximum Gasteiger partial charge on any atom is 0.522 e. The van der Waals surface area contributed by atoms with E-state index in [1.54, 1.807) is 4.57 Å². The predicted octanol–water partition coefficient (Wildman–Crippen LogP) is 5.93. The Balaban J connectivity index is 1.52. The Kier molecular flexibility index (Phi) is 9.39. The number of anilines is 1. The Labute approximate surface area is 246 Å². The second-order valence-electron chi connectivity index (χ2n) is 12.8. The molecule has 0 spiro atoms. The molecule has 2 aromatic heterocycles. The van der Waals surface area contributed by atoms with Crippen LogP contribution in [0.2, 0.25) is 23.2 Å². The van der Waals surface area contributed by atoms with E-state index in [9.17, 15) is 0 Å². The minimum Gasteiger partial charge on any atom is -0.408 e. The Morgan fingerprint density at radius 1 is 1.38 bits per heavy atom. The molecular weight excluding hydrogens is 585 g/mol. The number of nitrogen functional groups attached to an aromatic ring is 1. The number of hydrogen-bond donors (Lipinski definition) is 1. The van der Waals surface area contributed by atoms with Crippen molar-refractivity contribution in [3.8, 4) is 0 Å².